The number of nitrogens with one attached hydrogen (secondary N) is 4. The number of piperidine rings is 1. The Kier molecular flexibility index (Phi) is 7.87. The number of likely N-dealkylation sites (tertiary alicyclic amines) is 1. The number of hydrogen-bond acceptors (Lipinski definition) is 6. The molecular weight excluding hydrogens is 418 g/mol. The van der Waals surface area contributed by atoms with Gasteiger partial charge in [-0.3, -0.25) is 4.79 Å². The molecule has 0 aliphatic carbocycles. The van der Waals surface area contributed by atoms with E-state index in [1.807, 2.05) is 32.9 Å². The third-order valence-electron chi connectivity index (χ3n) is 5.94. The Morgan fingerprint density at radius 3 is 2.61 bits per heavy atom. The number of primary amides is 1. The van der Waals surface area contributed by atoms with Crippen LogP contribution in [0.1, 0.15) is 52.4 Å². The highest BCUT2D eigenvalue weighted by molar-refractivity contribution is 6.05. The number of aromatic nitrogens is 1. The highest BCUT2D eigenvalue weighted by Gasteiger charge is 2.25. The van der Waals surface area contributed by atoms with Gasteiger partial charge in [0.1, 0.15) is 5.82 Å². The summed E-state index contributed by atoms with van der Waals surface area (Å²) in [6, 6.07) is 5.76. The van der Waals surface area contributed by atoms with Crippen LogP contribution < -0.4 is 21.7 Å². The quantitative estimate of drug-likeness (QED) is 0.393. The first-order valence-electron chi connectivity index (χ1n) is 11.3. The largest absolute Gasteiger partial charge is 0.381 e. The number of nitrogens with two attached hydrogens (primary N) is 1. The molecule has 1 aromatic heterocycles. The van der Waals surface area contributed by atoms with Gasteiger partial charge in [-0.25, -0.2) is 9.78 Å². The number of aryl methyl sites for hydroxylation is 2. The summed E-state index contributed by atoms with van der Waals surface area (Å²) in [6.45, 7) is 8.15. The number of anilines is 2. The second-order valence-electron chi connectivity index (χ2n) is 8.34. The average Bonchev–Trinajstić information content (AvgIpc) is 2.79. The second kappa shape index (κ2) is 10.8. The molecule has 33 heavy (non-hydrogen) atoms. The van der Waals surface area contributed by atoms with Crippen molar-refractivity contribution < 1.29 is 9.59 Å². The maximum absolute atomic E-state index is 13.2. The Morgan fingerprint density at radius 1 is 1.27 bits per heavy atom. The van der Waals surface area contributed by atoms with Gasteiger partial charge in [-0.1, -0.05) is 23.8 Å². The van der Waals surface area contributed by atoms with Crippen molar-refractivity contribution >= 4 is 29.7 Å². The van der Waals surface area contributed by atoms with Gasteiger partial charge in [0, 0.05) is 44.6 Å². The monoisotopic (exact) mass is 451 g/mol. The van der Waals surface area contributed by atoms with Gasteiger partial charge in [-0.05, 0) is 44.7 Å². The molecule has 0 bridgehead atoms. The van der Waals surface area contributed by atoms with E-state index in [1.165, 1.54) is 11.8 Å². The maximum Gasteiger partial charge on any atom is 0.314 e. The van der Waals surface area contributed by atoms with Crippen LogP contribution in [0, 0.1) is 19.3 Å². The van der Waals surface area contributed by atoms with Crippen LogP contribution in [-0.2, 0) is 6.54 Å². The highest BCUT2D eigenvalue weighted by Crippen LogP contribution is 2.28. The zero-order valence-electron chi connectivity index (χ0n) is 19.5. The van der Waals surface area contributed by atoms with E-state index in [0.29, 0.717) is 61.7 Å². The summed E-state index contributed by atoms with van der Waals surface area (Å²) in [6.07, 6.45) is 4.15. The summed E-state index contributed by atoms with van der Waals surface area (Å²) in [7, 11) is 0. The molecule has 3 amide bonds. The molecule has 0 radical (unpaired) electrons. The van der Waals surface area contributed by atoms with Crippen molar-refractivity contribution in [1.82, 2.24) is 15.2 Å². The first-order valence-corrected chi connectivity index (χ1v) is 11.3. The number of urea groups is 1. The molecule has 1 aliphatic rings. The number of hydrogen-bond donors (Lipinski definition) is 5. The van der Waals surface area contributed by atoms with Crippen molar-refractivity contribution in [2.75, 3.05) is 30.3 Å². The fourth-order valence-electron chi connectivity index (χ4n) is 4.07. The van der Waals surface area contributed by atoms with Gasteiger partial charge in [-0.15, -0.1) is 0 Å². The van der Waals surface area contributed by atoms with Crippen LogP contribution in [0.5, 0.6) is 0 Å². The van der Waals surface area contributed by atoms with Gasteiger partial charge in [-0.2, -0.15) is 0 Å². The van der Waals surface area contributed by atoms with Crippen LogP contribution in [-0.4, -0.2) is 53.7 Å². The van der Waals surface area contributed by atoms with Crippen molar-refractivity contribution in [3.05, 3.63) is 52.2 Å². The smallest absolute Gasteiger partial charge is 0.314 e. The predicted molar refractivity (Wildman–Crippen MR) is 131 cm³/mol. The van der Waals surface area contributed by atoms with Gasteiger partial charge in [0.2, 0.25) is 0 Å². The lowest BCUT2D eigenvalue weighted by Crippen LogP contribution is -2.45. The van der Waals surface area contributed by atoms with E-state index in [-0.39, 0.29) is 11.9 Å². The zero-order valence-corrected chi connectivity index (χ0v) is 19.5. The summed E-state index contributed by atoms with van der Waals surface area (Å²) in [4.78, 5) is 30.6. The molecule has 9 heteroatoms. The van der Waals surface area contributed by atoms with Crippen molar-refractivity contribution in [2.45, 2.75) is 46.2 Å². The molecular formula is C24H33N7O2. The van der Waals surface area contributed by atoms with E-state index in [9.17, 15) is 9.59 Å². The van der Waals surface area contributed by atoms with Crippen molar-refractivity contribution in [2.24, 2.45) is 5.73 Å². The number of amides is 3. The van der Waals surface area contributed by atoms with Gasteiger partial charge in [0.25, 0.3) is 5.91 Å². The Hall–Kier alpha value is -3.62. The van der Waals surface area contributed by atoms with Gasteiger partial charge in [0.05, 0.1) is 16.8 Å². The summed E-state index contributed by atoms with van der Waals surface area (Å²) in [5.74, 6) is 0.293. The van der Waals surface area contributed by atoms with Crippen LogP contribution in [0.3, 0.4) is 0 Å². The maximum atomic E-state index is 13.2. The molecule has 2 heterocycles. The molecule has 2 aromatic rings. The summed E-state index contributed by atoms with van der Waals surface area (Å²) in [5, 5.41) is 17.6. The minimum atomic E-state index is -0.418. The third-order valence-corrected chi connectivity index (χ3v) is 5.94. The van der Waals surface area contributed by atoms with E-state index in [1.54, 1.807) is 11.1 Å². The van der Waals surface area contributed by atoms with Crippen molar-refractivity contribution in [3.63, 3.8) is 0 Å². The number of rotatable bonds is 8. The van der Waals surface area contributed by atoms with E-state index in [4.69, 9.17) is 11.1 Å². The van der Waals surface area contributed by atoms with E-state index in [0.717, 1.165) is 11.1 Å². The number of nitrogens with zero attached hydrogens (tertiary/aromatic N) is 2. The minimum Gasteiger partial charge on any atom is -0.381 e. The molecule has 1 aromatic carbocycles. The molecule has 6 N–H and O–H groups in total. The summed E-state index contributed by atoms with van der Waals surface area (Å²) in [5.41, 5.74) is 10.2. The molecule has 0 spiro atoms. The van der Waals surface area contributed by atoms with Crippen LogP contribution in [0.2, 0.25) is 0 Å². The molecule has 0 saturated carbocycles. The molecule has 9 nitrogen and oxygen atoms in total. The Bertz CT molecular complexity index is 1030. The van der Waals surface area contributed by atoms with Crippen LogP contribution >= 0.6 is 0 Å². The predicted octanol–water partition coefficient (Wildman–Crippen LogP) is 3.01. The molecule has 176 valence electrons. The molecule has 1 saturated heterocycles. The van der Waals surface area contributed by atoms with Gasteiger partial charge >= 0.3 is 6.03 Å². The lowest BCUT2D eigenvalue weighted by atomic mass is 10.0. The van der Waals surface area contributed by atoms with Crippen LogP contribution in [0.25, 0.3) is 0 Å². The van der Waals surface area contributed by atoms with Crippen molar-refractivity contribution in [3.8, 4) is 0 Å². The number of carbonyl (C=O) groups excluding carboxylic acids is 2. The number of pyridine rings is 1. The van der Waals surface area contributed by atoms with E-state index in [2.05, 4.69) is 27.0 Å². The molecule has 1 fully saturated rings. The fraction of sp³-hybridized carbons (Fsp3) is 0.417. The Morgan fingerprint density at radius 2 is 2.00 bits per heavy atom. The first kappa shape index (κ1) is 24.0. The minimum absolute atomic E-state index is 0.0436. The summed E-state index contributed by atoms with van der Waals surface area (Å²) >= 11 is 0. The van der Waals surface area contributed by atoms with Crippen molar-refractivity contribution in [1.29, 1.82) is 5.41 Å². The highest BCUT2D eigenvalue weighted by atomic mass is 16.2. The lowest BCUT2D eigenvalue weighted by molar-refractivity contribution is 0.0951. The molecule has 0 atom stereocenters. The Labute approximate surface area is 194 Å². The van der Waals surface area contributed by atoms with Gasteiger partial charge < -0.3 is 32.0 Å². The standard InChI is InChI=1S/C24H33N7O2/c1-4-27-22-19(12-25)21(30-18-7-9-31(10-8-18)24(26)33)20(14-28-22)23(32)29-13-17-6-5-15(2)11-16(17)3/h5-6,11-12,14,18,25H,4,7-10,13H2,1-3H3,(H2,26,33)(H,29,32)(H2,27,28,30). The third kappa shape index (κ3) is 5.79. The van der Waals surface area contributed by atoms with E-state index >= 15 is 0 Å². The molecule has 1 aliphatic heterocycles. The van der Waals surface area contributed by atoms with Crippen LogP contribution in [0.4, 0.5) is 16.3 Å². The molecule has 0 unspecified atom stereocenters. The van der Waals surface area contributed by atoms with Gasteiger partial charge in [0.15, 0.2) is 0 Å². The fourth-order valence-corrected chi connectivity index (χ4v) is 4.07. The molecule has 3 rings (SSSR count). The average molecular weight is 452 g/mol. The first-order chi connectivity index (χ1) is 15.8. The topological polar surface area (TPSA) is 136 Å². The Balaban J connectivity index is 1.84. The summed E-state index contributed by atoms with van der Waals surface area (Å²) < 4.78 is 0. The lowest BCUT2D eigenvalue weighted by Gasteiger charge is -2.32. The second-order valence-corrected chi connectivity index (χ2v) is 8.34. The number of carbonyl (C=O) groups is 2. The van der Waals surface area contributed by atoms with Crippen LogP contribution in [0.15, 0.2) is 24.4 Å². The van der Waals surface area contributed by atoms with E-state index < -0.39 is 6.03 Å². The SMILES string of the molecule is CCNc1ncc(C(=O)NCc2ccc(C)cc2C)c(NC2CCN(C(N)=O)CC2)c1C=N. The normalized spacial score (nSPS) is 14.0. The number of benzene rings is 1. The zero-order chi connectivity index (χ0) is 24.0.